The van der Waals surface area contributed by atoms with Crippen LogP contribution in [0.2, 0.25) is 0 Å². The second-order valence-corrected chi connectivity index (χ2v) is 16.1. The number of imidazole rings is 2. The van der Waals surface area contributed by atoms with E-state index in [2.05, 4.69) is 68.3 Å². The summed E-state index contributed by atoms with van der Waals surface area (Å²) in [6, 6.07) is 37.3. The Kier molecular flexibility index (Phi) is 8.89. The third-order valence-electron chi connectivity index (χ3n) is 12.9. The number of hydrogen-bond acceptors (Lipinski definition) is 5. The van der Waals surface area contributed by atoms with E-state index >= 15 is 0 Å². The number of fused-ring (bicyclic) bond motifs is 4. The van der Waals surface area contributed by atoms with Crippen LogP contribution in [0.3, 0.4) is 0 Å². The van der Waals surface area contributed by atoms with Crippen LogP contribution in [0.15, 0.2) is 122 Å². The van der Waals surface area contributed by atoms with Crippen molar-refractivity contribution in [3.05, 3.63) is 144 Å². The van der Waals surface area contributed by atoms with Crippen molar-refractivity contribution in [3.63, 3.8) is 0 Å². The summed E-state index contributed by atoms with van der Waals surface area (Å²) in [6.45, 7) is 0. The predicted molar refractivity (Wildman–Crippen MR) is 215 cm³/mol. The van der Waals surface area contributed by atoms with Crippen LogP contribution >= 0.6 is 0 Å². The van der Waals surface area contributed by atoms with Gasteiger partial charge in [-0.3, -0.25) is 9.59 Å². The topological polar surface area (TPSA) is 107 Å². The zero-order chi connectivity index (χ0) is 37.8. The Morgan fingerprint density at radius 3 is 1.66 bits per heavy atom. The van der Waals surface area contributed by atoms with E-state index in [1.807, 2.05) is 73.1 Å². The number of nitrogens with zero attached hydrogens (tertiary/aromatic N) is 4. The molecule has 10 rings (SSSR count). The Bertz CT molecular complexity index is 2340. The van der Waals surface area contributed by atoms with Crippen LogP contribution in [0.25, 0.3) is 33.6 Å². The molecule has 2 aromatic heterocycles. The molecule has 4 aliphatic rings. The Morgan fingerprint density at radius 2 is 1.12 bits per heavy atom. The molecule has 56 heavy (non-hydrogen) atoms. The van der Waals surface area contributed by atoms with Crippen LogP contribution in [0.1, 0.15) is 79.5 Å². The van der Waals surface area contributed by atoms with E-state index in [0.29, 0.717) is 24.3 Å². The second-order valence-electron chi connectivity index (χ2n) is 16.1. The van der Waals surface area contributed by atoms with Gasteiger partial charge in [-0.25, -0.2) is 9.97 Å². The molecule has 2 aliphatic carbocycles. The smallest absolute Gasteiger partial charge is 0.257 e. The van der Waals surface area contributed by atoms with Gasteiger partial charge in [0.2, 0.25) is 5.91 Å². The number of hydrogen-bond donors (Lipinski definition) is 2. The zero-order valence-corrected chi connectivity index (χ0v) is 31.6. The summed E-state index contributed by atoms with van der Waals surface area (Å²) in [6.07, 6.45) is 10.00. The van der Waals surface area contributed by atoms with E-state index in [0.717, 1.165) is 94.9 Å². The number of H-pyrrole nitrogens is 2. The van der Waals surface area contributed by atoms with Gasteiger partial charge >= 0.3 is 0 Å². The molecule has 2 N–H and O–H groups in total. The van der Waals surface area contributed by atoms with Crippen LogP contribution in [0.4, 0.5) is 0 Å². The Labute approximate surface area is 327 Å². The minimum atomic E-state index is -0.633. The Hall–Kier alpha value is -5.80. The number of amides is 2. The van der Waals surface area contributed by atoms with Gasteiger partial charge in [-0.15, -0.1) is 0 Å². The van der Waals surface area contributed by atoms with Gasteiger partial charge in [-0.1, -0.05) is 109 Å². The van der Waals surface area contributed by atoms with Gasteiger partial charge in [0.1, 0.15) is 11.6 Å². The first-order valence-electron chi connectivity index (χ1n) is 20.1. The van der Waals surface area contributed by atoms with Crippen molar-refractivity contribution < 1.29 is 14.3 Å². The standard InChI is InChI=1S/C47H46N6O3/c1-56-44(34-10-6-3-7-11-34)47(55)53-38-23-21-36(26-38)43(53)46-49-28-40(51-46)33-18-14-31(15-19-33)30-12-16-32(17-13-30)39-27-48-45(50-39)42-35-20-22-37(25-35)52(42)41(54)24-29-8-4-2-5-9-29/h2-19,27-28,35-38,42-44H,20-26H2,1H3,(H,48,50)(H,49,51)/t35-,36-,37+,38+,42-,43-,44+/m0/s1. The number of carbonyl (C=O) groups is 2. The maximum Gasteiger partial charge on any atom is 0.257 e. The molecule has 282 valence electrons. The average Bonchev–Trinajstić information content (AvgIpc) is 4.12. The van der Waals surface area contributed by atoms with E-state index in [1.165, 1.54) is 0 Å². The minimum Gasteiger partial charge on any atom is -0.367 e. The summed E-state index contributed by atoms with van der Waals surface area (Å²) in [4.78, 5) is 48.7. The molecule has 2 amide bonds. The molecule has 0 radical (unpaired) electrons. The van der Waals surface area contributed by atoms with Crippen molar-refractivity contribution in [2.75, 3.05) is 7.11 Å². The number of benzene rings is 4. The van der Waals surface area contributed by atoms with Gasteiger partial charge in [-0.2, -0.15) is 0 Å². The quantitative estimate of drug-likeness (QED) is 0.146. The van der Waals surface area contributed by atoms with Crippen LogP contribution in [0.5, 0.6) is 0 Å². The second kappa shape index (κ2) is 14.4. The summed E-state index contributed by atoms with van der Waals surface area (Å²) >= 11 is 0. The molecule has 4 heterocycles. The van der Waals surface area contributed by atoms with Gasteiger partial charge in [-0.05, 0) is 83.7 Å². The van der Waals surface area contributed by atoms with Gasteiger partial charge in [0, 0.05) is 19.2 Å². The van der Waals surface area contributed by atoms with Crippen LogP contribution in [-0.2, 0) is 20.7 Å². The number of likely N-dealkylation sites (tertiary alicyclic amines) is 2. The average molecular weight is 743 g/mol. The van der Waals surface area contributed by atoms with E-state index in [-0.39, 0.29) is 29.9 Å². The third kappa shape index (κ3) is 6.14. The van der Waals surface area contributed by atoms with E-state index in [1.54, 1.807) is 7.11 Å². The minimum absolute atomic E-state index is 0.000164. The predicted octanol–water partition coefficient (Wildman–Crippen LogP) is 8.87. The highest BCUT2D eigenvalue weighted by molar-refractivity contribution is 5.84. The maximum absolute atomic E-state index is 14.0. The first-order valence-corrected chi connectivity index (χ1v) is 20.1. The molecule has 7 atom stereocenters. The van der Waals surface area contributed by atoms with Crippen LogP contribution in [0, 0.1) is 11.8 Å². The number of rotatable bonds is 10. The molecule has 2 aliphatic heterocycles. The molecular weight excluding hydrogens is 697 g/mol. The molecule has 9 heteroatoms. The molecule has 4 fully saturated rings. The van der Waals surface area contributed by atoms with Crippen molar-refractivity contribution >= 4 is 11.8 Å². The molecule has 4 bridgehead atoms. The summed E-state index contributed by atoms with van der Waals surface area (Å²) in [5.74, 6) is 2.77. The molecule has 4 aromatic carbocycles. The number of aromatic amines is 2. The first-order chi connectivity index (χ1) is 27.5. The molecule has 0 spiro atoms. The Balaban J connectivity index is 0.826. The van der Waals surface area contributed by atoms with Crippen molar-refractivity contribution in [1.82, 2.24) is 29.7 Å². The molecule has 2 saturated heterocycles. The molecule has 0 unspecified atom stereocenters. The van der Waals surface area contributed by atoms with E-state index in [9.17, 15) is 9.59 Å². The van der Waals surface area contributed by atoms with Crippen molar-refractivity contribution in [2.45, 2.75) is 75.2 Å². The van der Waals surface area contributed by atoms with Crippen molar-refractivity contribution in [1.29, 1.82) is 0 Å². The number of piperidine rings is 2. The molecular formula is C47H46N6O3. The lowest BCUT2D eigenvalue weighted by molar-refractivity contribution is -0.147. The van der Waals surface area contributed by atoms with Crippen molar-refractivity contribution in [3.8, 4) is 33.6 Å². The lowest BCUT2D eigenvalue weighted by Crippen LogP contribution is -2.43. The molecule has 2 saturated carbocycles. The maximum atomic E-state index is 14.0. The summed E-state index contributed by atoms with van der Waals surface area (Å²) in [5.41, 5.74) is 8.18. The number of methoxy groups -OCH3 is 1. The summed E-state index contributed by atoms with van der Waals surface area (Å²) < 4.78 is 5.77. The van der Waals surface area contributed by atoms with Gasteiger partial charge in [0.25, 0.3) is 5.91 Å². The monoisotopic (exact) mass is 742 g/mol. The SMILES string of the molecule is CO[C@@H](C(=O)N1[C@@H]2CC[C@@H](C2)[C@H]1c1ncc(-c2ccc(-c3ccc(-c4cnc([C@@H]5[C@H]6CC[C@H](C6)N5C(=O)Cc5ccccc5)[nH]4)cc3)cc2)[nH]1)c1ccccc1. The molecule has 6 aromatic rings. The molecule has 9 nitrogen and oxygen atoms in total. The lowest BCUT2D eigenvalue weighted by Gasteiger charge is -2.36. The highest BCUT2D eigenvalue weighted by Gasteiger charge is 2.52. The lowest BCUT2D eigenvalue weighted by atomic mass is 9.97. The fraction of sp³-hybridized carbons (Fsp3) is 0.319. The van der Waals surface area contributed by atoms with Crippen LogP contribution in [-0.4, -0.2) is 60.7 Å². The van der Waals surface area contributed by atoms with Gasteiger partial charge in [0.15, 0.2) is 6.10 Å². The fourth-order valence-corrected chi connectivity index (χ4v) is 10.3. The number of carbonyl (C=O) groups excluding carboxylic acids is 2. The number of ether oxygens (including phenoxy) is 1. The normalized spacial score (nSPS) is 24.2. The van der Waals surface area contributed by atoms with E-state index < -0.39 is 6.10 Å². The number of nitrogens with one attached hydrogen (secondary N) is 2. The third-order valence-corrected chi connectivity index (χ3v) is 12.9. The fourth-order valence-electron chi connectivity index (χ4n) is 10.3. The highest BCUT2D eigenvalue weighted by atomic mass is 16.5. The first kappa shape index (κ1) is 34.7. The van der Waals surface area contributed by atoms with E-state index in [4.69, 9.17) is 14.7 Å². The highest BCUT2D eigenvalue weighted by Crippen LogP contribution is 2.52. The zero-order valence-electron chi connectivity index (χ0n) is 31.6. The number of aromatic nitrogens is 4. The van der Waals surface area contributed by atoms with Gasteiger partial charge < -0.3 is 24.5 Å². The summed E-state index contributed by atoms with van der Waals surface area (Å²) in [5, 5.41) is 0. The van der Waals surface area contributed by atoms with Gasteiger partial charge in [0.05, 0.1) is 42.3 Å². The largest absolute Gasteiger partial charge is 0.367 e. The Morgan fingerprint density at radius 1 is 0.643 bits per heavy atom. The summed E-state index contributed by atoms with van der Waals surface area (Å²) in [7, 11) is 1.61. The van der Waals surface area contributed by atoms with Crippen molar-refractivity contribution in [2.24, 2.45) is 11.8 Å². The van der Waals surface area contributed by atoms with Crippen LogP contribution < -0.4 is 0 Å².